The van der Waals surface area contributed by atoms with Crippen LogP contribution in [-0.2, 0) is 19.0 Å². The third-order valence-electron chi connectivity index (χ3n) is 3.83. The van der Waals surface area contributed by atoms with Gasteiger partial charge in [0.1, 0.15) is 35.8 Å². The SMILES string of the molecule is O=C(OC[C@]12C=C[C@@H]3O[C@@H]3[C@H]1O2)[C@@H]1CNCCS1. The number of epoxide rings is 2. The fourth-order valence-electron chi connectivity index (χ4n) is 2.63. The molecule has 1 N–H and O–H groups in total. The van der Waals surface area contributed by atoms with Gasteiger partial charge in [0, 0.05) is 18.8 Å². The molecule has 98 valence electrons. The summed E-state index contributed by atoms with van der Waals surface area (Å²) in [5, 5.41) is 3.12. The molecule has 0 amide bonds. The van der Waals surface area contributed by atoms with Gasteiger partial charge in [-0.25, -0.2) is 0 Å². The van der Waals surface area contributed by atoms with Gasteiger partial charge in [0.05, 0.1) is 0 Å². The number of ether oxygens (including phenoxy) is 3. The Kier molecular flexibility index (Phi) is 2.49. The molecule has 5 nitrogen and oxygen atoms in total. The summed E-state index contributed by atoms with van der Waals surface area (Å²) in [6.07, 6.45) is 4.53. The van der Waals surface area contributed by atoms with Crippen LogP contribution in [0, 0.1) is 0 Å². The minimum atomic E-state index is -0.389. The van der Waals surface area contributed by atoms with Crippen LogP contribution in [0.1, 0.15) is 0 Å². The van der Waals surface area contributed by atoms with Crippen molar-refractivity contribution < 1.29 is 19.0 Å². The first-order valence-corrected chi connectivity index (χ1v) is 7.35. The molecular weight excluding hydrogens is 254 g/mol. The van der Waals surface area contributed by atoms with Gasteiger partial charge in [-0.15, -0.1) is 11.8 Å². The number of nitrogens with one attached hydrogen (secondary N) is 1. The Balaban J connectivity index is 1.32. The lowest BCUT2D eigenvalue weighted by molar-refractivity contribution is -0.144. The first kappa shape index (κ1) is 11.3. The second-order valence-corrected chi connectivity index (χ2v) is 6.40. The van der Waals surface area contributed by atoms with Gasteiger partial charge >= 0.3 is 5.97 Å². The first-order valence-electron chi connectivity index (χ1n) is 6.30. The highest BCUT2D eigenvalue weighted by atomic mass is 32.2. The predicted molar refractivity (Wildman–Crippen MR) is 65.5 cm³/mol. The Bertz CT molecular complexity index is 409. The minimum absolute atomic E-state index is 0.0788. The zero-order valence-corrected chi connectivity index (χ0v) is 10.7. The Morgan fingerprint density at radius 1 is 1.61 bits per heavy atom. The van der Waals surface area contributed by atoms with Gasteiger partial charge in [-0.3, -0.25) is 4.79 Å². The van der Waals surface area contributed by atoms with E-state index in [-0.39, 0.29) is 35.1 Å². The predicted octanol–water partition coefficient (Wildman–Crippen LogP) is -0.291. The molecule has 4 rings (SSSR count). The lowest BCUT2D eigenvalue weighted by Crippen LogP contribution is -2.39. The molecule has 0 aromatic heterocycles. The highest BCUT2D eigenvalue weighted by Crippen LogP contribution is 2.52. The summed E-state index contributed by atoms with van der Waals surface area (Å²) in [5.41, 5.74) is -0.389. The summed E-state index contributed by atoms with van der Waals surface area (Å²) in [6, 6.07) is 0. The van der Waals surface area contributed by atoms with E-state index in [1.54, 1.807) is 11.8 Å². The van der Waals surface area contributed by atoms with Crippen LogP contribution in [0.5, 0.6) is 0 Å². The highest BCUT2D eigenvalue weighted by Gasteiger charge is 2.68. The molecule has 3 heterocycles. The molecule has 3 aliphatic heterocycles. The Labute approximate surface area is 109 Å². The maximum absolute atomic E-state index is 11.9. The number of carbonyl (C=O) groups excluding carboxylic acids is 1. The van der Waals surface area contributed by atoms with Crippen LogP contribution in [0.2, 0.25) is 0 Å². The lowest BCUT2D eigenvalue weighted by Gasteiger charge is -2.21. The van der Waals surface area contributed by atoms with Crippen LogP contribution in [0.25, 0.3) is 0 Å². The molecule has 0 aromatic carbocycles. The zero-order chi connectivity index (χ0) is 12.2. The largest absolute Gasteiger partial charge is 0.461 e. The number of hydrogen-bond acceptors (Lipinski definition) is 6. The van der Waals surface area contributed by atoms with Gasteiger partial charge in [0.25, 0.3) is 0 Å². The van der Waals surface area contributed by atoms with Crippen molar-refractivity contribution in [1.29, 1.82) is 0 Å². The molecule has 6 heteroatoms. The molecule has 0 aromatic rings. The Hall–Kier alpha value is -0.560. The maximum Gasteiger partial charge on any atom is 0.320 e. The maximum atomic E-state index is 11.9. The van der Waals surface area contributed by atoms with Crippen molar-refractivity contribution in [2.45, 2.75) is 29.2 Å². The molecule has 1 aliphatic carbocycles. The average Bonchev–Trinajstić information content (AvgIpc) is 3.28. The smallest absolute Gasteiger partial charge is 0.320 e. The quantitative estimate of drug-likeness (QED) is 0.431. The number of esters is 1. The van der Waals surface area contributed by atoms with E-state index in [4.69, 9.17) is 14.2 Å². The minimum Gasteiger partial charge on any atom is -0.461 e. The van der Waals surface area contributed by atoms with Gasteiger partial charge in [0.15, 0.2) is 0 Å². The van der Waals surface area contributed by atoms with Gasteiger partial charge in [0.2, 0.25) is 0 Å². The number of hydrogen-bond donors (Lipinski definition) is 1. The van der Waals surface area contributed by atoms with Crippen LogP contribution >= 0.6 is 11.8 Å². The van der Waals surface area contributed by atoms with Gasteiger partial charge in [-0.05, 0) is 6.08 Å². The van der Waals surface area contributed by atoms with Crippen molar-refractivity contribution in [1.82, 2.24) is 5.32 Å². The second-order valence-electron chi connectivity index (χ2n) is 5.09. The third-order valence-corrected chi connectivity index (χ3v) is 5.03. The van der Waals surface area contributed by atoms with E-state index in [0.29, 0.717) is 13.2 Å². The summed E-state index contributed by atoms with van der Waals surface area (Å²) < 4.78 is 16.5. The van der Waals surface area contributed by atoms with Gasteiger partial charge < -0.3 is 19.5 Å². The number of thioether (sulfide) groups is 1. The number of fused-ring (bicyclic) bond motifs is 3. The topological polar surface area (TPSA) is 63.4 Å². The molecule has 4 aliphatic rings. The van der Waals surface area contributed by atoms with Crippen molar-refractivity contribution in [3.05, 3.63) is 12.2 Å². The molecule has 5 atom stereocenters. The third kappa shape index (κ3) is 1.79. The normalized spacial score (nSPS) is 48.0. The van der Waals surface area contributed by atoms with E-state index in [2.05, 4.69) is 5.32 Å². The molecule has 0 bridgehead atoms. The molecule has 3 saturated heterocycles. The summed E-state index contributed by atoms with van der Waals surface area (Å²) >= 11 is 1.66. The molecule has 0 unspecified atom stereocenters. The Morgan fingerprint density at radius 2 is 2.56 bits per heavy atom. The van der Waals surface area contributed by atoms with Crippen molar-refractivity contribution >= 4 is 17.7 Å². The number of carbonyl (C=O) groups is 1. The van der Waals surface area contributed by atoms with E-state index in [0.717, 1.165) is 12.3 Å². The molecule has 0 radical (unpaired) electrons. The van der Waals surface area contributed by atoms with Crippen molar-refractivity contribution in [2.75, 3.05) is 25.4 Å². The Morgan fingerprint density at radius 3 is 3.39 bits per heavy atom. The van der Waals surface area contributed by atoms with E-state index in [1.165, 1.54) is 0 Å². The van der Waals surface area contributed by atoms with Crippen LogP contribution in [0.15, 0.2) is 12.2 Å². The zero-order valence-electron chi connectivity index (χ0n) is 9.83. The fourth-order valence-corrected chi connectivity index (χ4v) is 3.62. The highest BCUT2D eigenvalue weighted by molar-refractivity contribution is 8.00. The van der Waals surface area contributed by atoms with Gasteiger partial charge in [-0.1, -0.05) is 6.08 Å². The van der Waals surface area contributed by atoms with E-state index < -0.39 is 0 Å². The van der Waals surface area contributed by atoms with E-state index in [1.807, 2.05) is 12.2 Å². The molecule has 18 heavy (non-hydrogen) atoms. The lowest BCUT2D eigenvalue weighted by atomic mass is 9.97. The second kappa shape index (κ2) is 3.96. The summed E-state index contributed by atoms with van der Waals surface area (Å²) in [5.74, 6) is 0.824. The summed E-state index contributed by atoms with van der Waals surface area (Å²) in [4.78, 5) is 11.9. The van der Waals surface area contributed by atoms with Crippen LogP contribution in [-0.4, -0.2) is 60.6 Å². The number of rotatable bonds is 3. The summed E-state index contributed by atoms with van der Waals surface area (Å²) in [6.45, 7) is 1.98. The molecule has 0 spiro atoms. The monoisotopic (exact) mass is 269 g/mol. The fraction of sp³-hybridized carbons (Fsp3) is 0.750. The van der Waals surface area contributed by atoms with Crippen LogP contribution in [0.4, 0.5) is 0 Å². The van der Waals surface area contributed by atoms with Crippen molar-refractivity contribution in [3.63, 3.8) is 0 Å². The van der Waals surface area contributed by atoms with Crippen LogP contribution in [0.3, 0.4) is 0 Å². The van der Waals surface area contributed by atoms with Crippen molar-refractivity contribution in [3.8, 4) is 0 Å². The summed E-state index contributed by atoms with van der Waals surface area (Å²) in [7, 11) is 0. The van der Waals surface area contributed by atoms with Crippen LogP contribution < -0.4 is 5.32 Å². The van der Waals surface area contributed by atoms with Gasteiger partial charge in [-0.2, -0.15) is 0 Å². The first-order chi connectivity index (χ1) is 8.78. The molecule has 3 fully saturated rings. The molecular formula is C12H15NO4S. The average molecular weight is 269 g/mol. The van der Waals surface area contributed by atoms with E-state index in [9.17, 15) is 4.79 Å². The molecule has 0 saturated carbocycles. The standard InChI is InChI=1S/C12H15NO4S/c14-11(8-5-13-3-4-18-8)15-6-12-2-1-7-9(16-7)10(12)17-12/h1-2,7-10,13H,3-6H2/t7-,8-,9-,10+,12+/m0/s1. The van der Waals surface area contributed by atoms with E-state index >= 15 is 0 Å². The van der Waals surface area contributed by atoms with Crippen molar-refractivity contribution in [2.24, 2.45) is 0 Å².